The number of carbonyl (C=O) groups is 1. The number of amides is 1. The molecule has 1 N–H and O–H groups in total. The van der Waals surface area contributed by atoms with Crippen LogP contribution in [0.1, 0.15) is 45.6 Å². The number of aromatic nitrogens is 2. The van der Waals surface area contributed by atoms with Crippen LogP contribution in [0.2, 0.25) is 0 Å². The molecule has 0 bridgehead atoms. The molecule has 1 unspecified atom stereocenters. The average Bonchev–Trinajstić information content (AvgIpc) is 3.50. The number of nitrogens with one attached hydrogen (secondary N) is 1. The predicted molar refractivity (Wildman–Crippen MR) is 186 cm³/mol. The molecule has 46 heavy (non-hydrogen) atoms. The highest BCUT2D eigenvalue weighted by Gasteiger charge is 2.21. The number of ether oxygens (including phenoxy) is 2. The van der Waals surface area contributed by atoms with Crippen molar-refractivity contribution in [1.29, 1.82) is 0 Å². The van der Waals surface area contributed by atoms with Crippen molar-refractivity contribution in [3.05, 3.63) is 96.3 Å². The van der Waals surface area contributed by atoms with E-state index in [1.807, 2.05) is 18.2 Å². The summed E-state index contributed by atoms with van der Waals surface area (Å²) in [6.45, 7) is 10.1. The summed E-state index contributed by atoms with van der Waals surface area (Å²) >= 11 is 0. The van der Waals surface area contributed by atoms with Crippen LogP contribution in [-0.4, -0.2) is 52.8 Å². The molecule has 0 saturated carbocycles. The predicted octanol–water partition coefficient (Wildman–Crippen LogP) is 7.40. The molecule has 1 amide bonds. The molecule has 4 aromatic rings. The Kier molecular flexibility index (Phi) is 11.8. The first-order valence-corrected chi connectivity index (χ1v) is 17.4. The van der Waals surface area contributed by atoms with Crippen LogP contribution in [0.25, 0.3) is 17.2 Å². The van der Waals surface area contributed by atoms with Gasteiger partial charge in [0.15, 0.2) is 0 Å². The van der Waals surface area contributed by atoms with Crippen molar-refractivity contribution in [2.24, 2.45) is 5.92 Å². The number of hydrogen-bond donors (Lipinski definition) is 1. The molecule has 0 radical (unpaired) electrons. The van der Waals surface area contributed by atoms with Crippen molar-refractivity contribution >= 4 is 34.2 Å². The number of nitrogens with zero attached hydrogens (tertiary/aromatic N) is 3. The number of hydrogen-bond acceptors (Lipinski definition) is 6. The highest BCUT2D eigenvalue weighted by molar-refractivity contribution is 7.84. The van der Waals surface area contributed by atoms with Crippen LogP contribution in [0.15, 0.2) is 95.7 Å². The number of rotatable bonds is 15. The topological polar surface area (TPSA) is 85.7 Å². The van der Waals surface area contributed by atoms with Gasteiger partial charge in [0, 0.05) is 53.9 Å². The van der Waals surface area contributed by atoms with Crippen LogP contribution in [-0.2, 0) is 26.2 Å². The van der Waals surface area contributed by atoms with Crippen LogP contribution < -0.4 is 15.0 Å². The van der Waals surface area contributed by atoms with E-state index in [4.69, 9.17) is 9.47 Å². The summed E-state index contributed by atoms with van der Waals surface area (Å²) in [5.41, 5.74) is 5.70. The lowest BCUT2D eigenvalue weighted by Crippen LogP contribution is -2.29. The number of fused-ring (bicyclic) bond motifs is 1. The zero-order chi connectivity index (χ0) is 32.3. The van der Waals surface area contributed by atoms with Gasteiger partial charge in [-0.25, -0.2) is 0 Å². The van der Waals surface area contributed by atoms with E-state index in [-0.39, 0.29) is 11.8 Å². The van der Waals surface area contributed by atoms with Gasteiger partial charge < -0.3 is 19.7 Å². The van der Waals surface area contributed by atoms with Gasteiger partial charge in [-0.2, -0.15) is 5.10 Å². The minimum Gasteiger partial charge on any atom is -0.491 e. The second-order valence-corrected chi connectivity index (χ2v) is 13.3. The fourth-order valence-electron chi connectivity index (χ4n) is 5.37. The lowest BCUT2D eigenvalue weighted by atomic mass is 10.00. The lowest BCUT2D eigenvalue weighted by Gasteiger charge is -2.27. The maximum Gasteiger partial charge on any atom is 0.251 e. The summed E-state index contributed by atoms with van der Waals surface area (Å²) in [6.07, 6.45) is 8.30. The Morgan fingerprint density at radius 2 is 1.78 bits per heavy atom. The monoisotopic (exact) mass is 640 g/mol. The van der Waals surface area contributed by atoms with Gasteiger partial charge >= 0.3 is 0 Å². The molecule has 0 spiro atoms. The first kappa shape index (κ1) is 33.2. The standard InChI is InChI=1S/C37H44N4O4S/c1-4-5-21-44-22-23-45-34-12-7-29(8-13-34)30-9-16-36-32(24-30)25-31(17-20-40(36)26-28(2)3)37(42)39-33-10-14-35(15-11-33)46(43)27-41-19-6-18-38-41/h6-16,18-19,24-25,28H,4-5,17,20-23,26-27H2,1-3H3,(H,39,42). The maximum absolute atomic E-state index is 13.5. The minimum atomic E-state index is -1.24. The van der Waals surface area contributed by atoms with E-state index in [1.165, 1.54) is 0 Å². The maximum atomic E-state index is 13.5. The summed E-state index contributed by atoms with van der Waals surface area (Å²) < 4.78 is 25.8. The van der Waals surface area contributed by atoms with Gasteiger partial charge in [0.1, 0.15) is 18.2 Å². The Morgan fingerprint density at radius 1 is 1.00 bits per heavy atom. The third kappa shape index (κ3) is 9.17. The molecular weight excluding hydrogens is 596 g/mol. The number of benzene rings is 3. The van der Waals surface area contributed by atoms with Crippen LogP contribution in [0, 0.1) is 5.92 Å². The SMILES string of the molecule is CCCCOCCOc1ccc(-c2ccc3c(c2)C=C(C(=O)Nc2ccc(S(=O)Cn4cccn4)cc2)CCN3CC(C)C)cc1. The molecule has 1 atom stereocenters. The molecule has 3 aromatic carbocycles. The summed E-state index contributed by atoms with van der Waals surface area (Å²) in [7, 11) is -1.24. The normalized spacial score (nSPS) is 13.6. The molecule has 9 heteroatoms. The molecule has 0 saturated heterocycles. The first-order valence-electron chi connectivity index (χ1n) is 16.1. The third-order valence-corrected chi connectivity index (χ3v) is 9.03. The van der Waals surface area contributed by atoms with E-state index >= 15 is 0 Å². The summed E-state index contributed by atoms with van der Waals surface area (Å²) in [4.78, 5) is 16.6. The van der Waals surface area contributed by atoms with Gasteiger partial charge in [0.2, 0.25) is 0 Å². The smallest absolute Gasteiger partial charge is 0.251 e. The Labute approximate surface area is 274 Å². The molecule has 1 aliphatic heterocycles. The largest absolute Gasteiger partial charge is 0.491 e. The van der Waals surface area contributed by atoms with Gasteiger partial charge in [-0.3, -0.25) is 13.7 Å². The second kappa shape index (κ2) is 16.4. The first-order chi connectivity index (χ1) is 22.4. The van der Waals surface area contributed by atoms with Crippen molar-refractivity contribution in [3.63, 3.8) is 0 Å². The third-order valence-electron chi connectivity index (χ3n) is 7.74. The van der Waals surface area contributed by atoms with Crippen LogP contribution in [0.3, 0.4) is 0 Å². The number of anilines is 2. The van der Waals surface area contributed by atoms with Crippen LogP contribution >= 0.6 is 0 Å². The average molecular weight is 641 g/mol. The molecule has 8 nitrogen and oxygen atoms in total. The summed E-state index contributed by atoms with van der Waals surface area (Å²) in [5.74, 6) is 1.45. The highest BCUT2D eigenvalue weighted by Crippen LogP contribution is 2.34. The molecular formula is C37H44N4O4S. The van der Waals surface area contributed by atoms with Crippen LogP contribution in [0.4, 0.5) is 11.4 Å². The highest BCUT2D eigenvalue weighted by atomic mass is 32.2. The van der Waals surface area contributed by atoms with E-state index < -0.39 is 10.8 Å². The van der Waals surface area contributed by atoms with Crippen molar-refractivity contribution in [2.75, 3.05) is 43.1 Å². The van der Waals surface area contributed by atoms with E-state index in [9.17, 15) is 9.00 Å². The Morgan fingerprint density at radius 3 is 2.50 bits per heavy atom. The van der Waals surface area contributed by atoms with Crippen molar-refractivity contribution in [3.8, 4) is 16.9 Å². The zero-order valence-electron chi connectivity index (χ0n) is 27.0. The Hall–Kier alpha value is -4.21. The van der Waals surface area contributed by atoms with E-state index in [2.05, 4.69) is 66.4 Å². The van der Waals surface area contributed by atoms with Gasteiger partial charge in [-0.15, -0.1) is 0 Å². The molecule has 0 aliphatic carbocycles. The molecule has 0 fully saturated rings. The van der Waals surface area contributed by atoms with Crippen molar-refractivity contribution in [2.45, 2.75) is 50.8 Å². The van der Waals surface area contributed by atoms with Gasteiger partial charge in [-0.05, 0) is 96.1 Å². The van der Waals surface area contributed by atoms with Crippen LogP contribution in [0.5, 0.6) is 5.75 Å². The molecule has 5 rings (SSSR count). The molecule has 1 aliphatic rings. The lowest BCUT2D eigenvalue weighted by molar-refractivity contribution is -0.112. The number of carbonyl (C=O) groups excluding carboxylic acids is 1. The summed E-state index contributed by atoms with van der Waals surface area (Å²) in [6, 6.07) is 23.6. The van der Waals surface area contributed by atoms with E-state index in [0.717, 1.165) is 66.2 Å². The van der Waals surface area contributed by atoms with Crippen molar-refractivity contribution in [1.82, 2.24) is 9.78 Å². The quantitative estimate of drug-likeness (QED) is 0.136. The Balaban J connectivity index is 1.29. The molecule has 242 valence electrons. The Bertz CT molecular complexity index is 1620. The van der Waals surface area contributed by atoms with E-state index in [1.54, 1.807) is 47.4 Å². The van der Waals surface area contributed by atoms with Crippen molar-refractivity contribution < 1.29 is 18.5 Å². The van der Waals surface area contributed by atoms with Gasteiger partial charge in [0.25, 0.3) is 5.91 Å². The van der Waals surface area contributed by atoms with Gasteiger partial charge in [-0.1, -0.05) is 45.4 Å². The van der Waals surface area contributed by atoms with Gasteiger partial charge in [0.05, 0.1) is 17.4 Å². The molecule has 1 aromatic heterocycles. The zero-order valence-corrected chi connectivity index (χ0v) is 27.8. The summed E-state index contributed by atoms with van der Waals surface area (Å²) in [5, 5.41) is 7.18. The number of unbranched alkanes of at least 4 members (excludes halogenated alkanes) is 1. The second-order valence-electron chi connectivity index (χ2n) is 11.9. The van der Waals surface area contributed by atoms with E-state index in [0.29, 0.717) is 36.1 Å². The minimum absolute atomic E-state index is 0.131. The fourth-order valence-corrected chi connectivity index (χ4v) is 6.35. The molecule has 2 heterocycles. The fraction of sp³-hybridized carbons (Fsp3) is 0.351.